The second-order valence-corrected chi connectivity index (χ2v) is 8.20. The quantitative estimate of drug-likeness (QED) is 0.669. The van der Waals surface area contributed by atoms with Crippen molar-refractivity contribution in [3.63, 3.8) is 0 Å². The summed E-state index contributed by atoms with van der Waals surface area (Å²) < 4.78 is 48.3. The molecule has 1 atom stereocenters. The molecule has 0 radical (unpaired) electrons. The second kappa shape index (κ2) is 9.34. The fourth-order valence-corrected chi connectivity index (χ4v) is 4.64. The van der Waals surface area contributed by atoms with Crippen molar-refractivity contribution in [3.8, 4) is 0 Å². The van der Waals surface area contributed by atoms with E-state index in [0.717, 1.165) is 36.8 Å². The maximum absolute atomic E-state index is 14.5. The molecule has 1 heterocycles. The molecule has 1 aliphatic carbocycles. The lowest BCUT2D eigenvalue weighted by Crippen LogP contribution is -2.66. The Labute approximate surface area is 184 Å². The van der Waals surface area contributed by atoms with Gasteiger partial charge >= 0.3 is 12.1 Å². The normalized spacial score (nSPS) is 22.3. The number of nitrogens with zero attached hydrogens (tertiary/aromatic N) is 1. The summed E-state index contributed by atoms with van der Waals surface area (Å²) in [7, 11) is 0.953. The average molecular weight is 452 g/mol. The lowest BCUT2D eigenvalue weighted by molar-refractivity contribution is -0.196. The Morgan fingerprint density at radius 3 is 2.34 bits per heavy atom. The maximum atomic E-state index is 14.5. The minimum atomic E-state index is -5.24. The molecule has 0 unspecified atom stereocenters. The molecule has 9 heteroatoms. The number of aryl methyl sites for hydroxylation is 1. The SMILES string of the molecule is COC(=O)C1=C(C)N(C2CCCCC2)C(=O)[C@@]1(NC(=O)CCc1ccccc1)C(F)(F)F. The van der Waals surface area contributed by atoms with E-state index in [1.807, 2.05) is 5.32 Å². The summed E-state index contributed by atoms with van der Waals surface area (Å²) in [6.45, 7) is 1.31. The average Bonchev–Trinajstić information content (AvgIpc) is 3.00. The highest BCUT2D eigenvalue weighted by Crippen LogP contribution is 2.47. The Morgan fingerprint density at radius 1 is 1.16 bits per heavy atom. The van der Waals surface area contributed by atoms with Crippen molar-refractivity contribution in [1.82, 2.24) is 10.2 Å². The highest BCUT2D eigenvalue weighted by atomic mass is 19.4. The van der Waals surface area contributed by atoms with Crippen LogP contribution in [0.5, 0.6) is 0 Å². The van der Waals surface area contributed by atoms with Gasteiger partial charge in [-0.1, -0.05) is 49.6 Å². The molecule has 6 nitrogen and oxygen atoms in total. The lowest BCUT2D eigenvalue weighted by atomic mass is 9.88. The molecule has 3 rings (SSSR count). The molecular weight excluding hydrogens is 425 g/mol. The molecule has 1 aromatic carbocycles. The van der Waals surface area contributed by atoms with Gasteiger partial charge in [-0.25, -0.2) is 4.79 Å². The first-order chi connectivity index (χ1) is 15.1. The summed E-state index contributed by atoms with van der Waals surface area (Å²) in [5.74, 6) is -3.60. The van der Waals surface area contributed by atoms with Crippen molar-refractivity contribution in [3.05, 3.63) is 47.2 Å². The van der Waals surface area contributed by atoms with E-state index >= 15 is 0 Å². The summed E-state index contributed by atoms with van der Waals surface area (Å²) in [6.07, 6.45) is -1.76. The second-order valence-electron chi connectivity index (χ2n) is 8.20. The van der Waals surface area contributed by atoms with Crippen molar-refractivity contribution in [2.45, 2.75) is 69.6 Å². The first kappa shape index (κ1) is 23.8. The van der Waals surface area contributed by atoms with Crippen molar-refractivity contribution in [2.24, 2.45) is 0 Å². The minimum Gasteiger partial charge on any atom is -0.466 e. The lowest BCUT2D eigenvalue weighted by Gasteiger charge is -2.36. The van der Waals surface area contributed by atoms with E-state index in [9.17, 15) is 27.6 Å². The molecular formula is C23H27F3N2O4. The Hall–Kier alpha value is -2.84. The van der Waals surface area contributed by atoms with Crippen LogP contribution in [-0.4, -0.2) is 47.6 Å². The first-order valence-electron chi connectivity index (χ1n) is 10.7. The molecule has 1 saturated carbocycles. The number of hydrogen-bond donors (Lipinski definition) is 1. The fraction of sp³-hybridized carbons (Fsp3) is 0.522. The fourth-order valence-electron chi connectivity index (χ4n) is 4.64. The molecule has 0 spiro atoms. The third-order valence-electron chi connectivity index (χ3n) is 6.20. The van der Waals surface area contributed by atoms with Crippen LogP contribution in [0.4, 0.5) is 13.2 Å². The number of ether oxygens (including phenoxy) is 1. The van der Waals surface area contributed by atoms with Gasteiger partial charge in [-0.3, -0.25) is 9.59 Å². The van der Waals surface area contributed by atoms with Crippen LogP contribution >= 0.6 is 0 Å². The number of hydrogen-bond acceptors (Lipinski definition) is 4. The number of alkyl halides is 3. The van der Waals surface area contributed by atoms with Gasteiger partial charge in [0.2, 0.25) is 11.4 Å². The molecule has 1 fully saturated rings. The topological polar surface area (TPSA) is 75.7 Å². The molecule has 174 valence electrons. The molecule has 32 heavy (non-hydrogen) atoms. The van der Waals surface area contributed by atoms with E-state index < -0.39 is 41.1 Å². The number of allylic oxidation sites excluding steroid dienone is 1. The zero-order valence-corrected chi connectivity index (χ0v) is 18.1. The van der Waals surface area contributed by atoms with E-state index in [4.69, 9.17) is 0 Å². The van der Waals surface area contributed by atoms with Crippen LogP contribution in [0.2, 0.25) is 0 Å². The number of esters is 1. The van der Waals surface area contributed by atoms with Crippen LogP contribution in [0.15, 0.2) is 41.6 Å². The summed E-state index contributed by atoms with van der Waals surface area (Å²) in [5, 5.41) is 1.90. The number of rotatable bonds is 6. The van der Waals surface area contributed by atoms with Gasteiger partial charge in [-0.2, -0.15) is 13.2 Å². The first-order valence-corrected chi connectivity index (χ1v) is 10.7. The molecule has 0 bridgehead atoms. The molecule has 1 aliphatic heterocycles. The number of carbonyl (C=O) groups excluding carboxylic acids is 3. The summed E-state index contributed by atoms with van der Waals surface area (Å²) in [4.78, 5) is 39.6. The van der Waals surface area contributed by atoms with Gasteiger partial charge in [0.25, 0.3) is 5.91 Å². The molecule has 1 aromatic rings. The van der Waals surface area contributed by atoms with Gasteiger partial charge in [-0.15, -0.1) is 0 Å². The van der Waals surface area contributed by atoms with Gasteiger partial charge in [-0.05, 0) is 31.7 Å². The van der Waals surface area contributed by atoms with Crippen LogP contribution in [0.25, 0.3) is 0 Å². The monoisotopic (exact) mass is 452 g/mol. The Kier molecular flexibility index (Phi) is 6.95. The summed E-state index contributed by atoms with van der Waals surface area (Å²) in [6, 6.07) is 8.35. The highest BCUT2D eigenvalue weighted by molar-refractivity contribution is 6.10. The van der Waals surface area contributed by atoms with Crippen LogP contribution in [0.3, 0.4) is 0 Å². The van der Waals surface area contributed by atoms with E-state index in [2.05, 4.69) is 4.74 Å². The standard InChI is InChI=1S/C23H27F3N2O4/c1-15-19(20(30)32-2)22(23(24,25)26,21(31)28(15)17-11-7-4-8-12-17)27-18(29)14-13-16-9-5-3-6-10-16/h3,5-6,9-10,17H,4,7-8,11-14H2,1-2H3,(H,27,29)/t22-/m1/s1. The summed E-state index contributed by atoms with van der Waals surface area (Å²) in [5.41, 5.74) is -3.68. The molecule has 0 aromatic heterocycles. The van der Waals surface area contributed by atoms with E-state index in [0.29, 0.717) is 12.8 Å². The zero-order chi connectivity index (χ0) is 23.5. The zero-order valence-electron chi connectivity index (χ0n) is 18.1. The van der Waals surface area contributed by atoms with Crippen molar-refractivity contribution in [2.75, 3.05) is 7.11 Å². The van der Waals surface area contributed by atoms with E-state index in [-0.39, 0.29) is 18.5 Å². The molecule has 0 saturated heterocycles. The summed E-state index contributed by atoms with van der Waals surface area (Å²) >= 11 is 0. The van der Waals surface area contributed by atoms with Crippen molar-refractivity contribution in [1.29, 1.82) is 0 Å². The van der Waals surface area contributed by atoms with Crippen molar-refractivity contribution < 1.29 is 32.3 Å². The number of halogens is 3. The number of carbonyl (C=O) groups is 3. The van der Waals surface area contributed by atoms with Crippen LogP contribution in [0.1, 0.15) is 51.0 Å². The number of methoxy groups -OCH3 is 1. The predicted octanol–water partition coefficient (Wildman–Crippen LogP) is 3.66. The van der Waals surface area contributed by atoms with Gasteiger partial charge in [0.15, 0.2) is 0 Å². The molecule has 1 N–H and O–H groups in total. The van der Waals surface area contributed by atoms with Crippen LogP contribution in [0, 0.1) is 0 Å². The van der Waals surface area contributed by atoms with E-state index in [1.165, 1.54) is 6.92 Å². The Balaban J connectivity index is 1.98. The smallest absolute Gasteiger partial charge is 0.425 e. The van der Waals surface area contributed by atoms with Gasteiger partial charge in [0, 0.05) is 18.2 Å². The highest BCUT2D eigenvalue weighted by Gasteiger charge is 2.71. The Morgan fingerprint density at radius 2 is 1.78 bits per heavy atom. The third kappa shape index (κ3) is 4.25. The molecule has 2 amide bonds. The van der Waals surface area contributed by atoms with Crippen LogP contribution in [-0.2, 0) is 25.5 Å². The van der Waals surface area contributed by atoms with Gasteiger partial charge in [0.05, 0.1) is 7.11 Å². The Bertz CT molecular complexity index is 908. The number of amides is 2. The largest absolute Gasteiger partial charge is 0.466 e. The minimum absolute atomic E-state index is 0.116. The van der Waals surface area contributed by atoms with Crippen molar-refractivity contribution >= 4 is 17.8 Å². The molecule has 2 aliphatic rings. The van der Waals surface area contributed by atoms with Gasteiger partial charge < -0.3 is 15.0 Å². The number of nitrogens with one attached hydrogen (secondary N) is 1. The van der Waals surface area contributed by atoms with E-state index in [1.54, 1.807) is 30.3 Å². The van der Waals surface area contributed by atoms with Gasteiger partial charge in [0.1, 0.15) is 5.57 Å². The maximum Gasteiger partial charge on any atom is 0.425 e. The third-order valence-corrected chi connectivity index (χ3v) is 6.20. The van der Waals surface area contributed by atoms with Crippen LogP contribution < -0.4 is 5.32 Å². The number of benzene rings is 1. The predicted molar refractivity (Wildman–Crippen MR) is 110 cm³/mol.